The van der Waals surface area contributed by atoms with Gasteiger partial charge in [-0.25, -0.2) is 14.8 Å². The third kappa shape index (κ3) is 4.57. The Morgan fingerprint density at radius 2 is 2.03 bits per heavy atom. The Kier molecular flexibility index (Phi) is 6.24. The van der Waals surface area contributed by atoms with Crippen molar-refractivity contribution in [2.75, 3.05) is 30.8 Å². The van der Waals surface area contributed by atoms with Gasteiger partial charge < -0.3 is 15.4 Å². The topological polar surface area (TPSA) is 68.6 Å². The number of nitrogen functional groups attached to an aromatic ring is 1. The van der Waals surface area contributed by atoms with Crippen LogP contribution in [0.25, 0.3) is 4.85 Å². The lowest BCUT2D eigenvalue weighted by Crippen LogP contribution is -2.23. The predicted octanol–water partition coefficient (Wildman–Crippen LogP) is 5.25. The Bertz CT molecular complexity index is 1110. The van der Waals surface area contributed by atoms with Crippen LogP contribution in [-0.2, 0) is 6.42 Å². The van der Waals surface area contributed by atoms with Crippen LogP contribution in [0.5, 0.6) is 5.75 Å². The molecule has 0 saturated carbocycles. The van der Waals surface area contributed by atoms with Crippen LogP contribution in [0.2, 0.25) is 5.28 Å². The van der Waals surface area contributed by atoms with E-state index in [9.17, 15) is 0 Å². The largest absolute Gasteiger partial charge is 0.504 e. The Balaban J connectivity index is 1.44. The van der Waals surface area contributed by atoms with Gasteiger partial charge in [0, 0.05) is 30.8 Å². The summed E-state index contributed by atoms with van der Waals surface area (Å²) in [6.07, 6.45) is 2.70. The molecule has 1 atom stereocenters. The highest BCUT2D eigenvalue weighted by Crippen LogP contribution is 2.40. The Labute approximate surface area is 187 Å². The van der Waals surface area contributed by atoms with Crippen molar-refractivity contribution in [2.45, 2.75) is 25.2 Å². The molecule has 0 saturated heterocycles. The van der Waals surface area contributed by atoms with Gasteiger partial charge in [0.1, 0.15) is 11.6 Å². The molecule has 2 N–H and O–H groups in total. The molecule has 0 amide bonds. The Hall–Kier alpha value is -3.30. The fraction of sp³-hybridized carbons (Fsp3) is 0.292. The van der Waals surface area contributed by atoms with E-state index < -0.39 is 0 Å². The third-order valence-electron chi connectivity index (χ3n) is 5.57. The SMILES string of the molecule is [C-]#[N+]c1ccc(N)cc1OCCCN(C)c1nc(Cl)nc2c1CCC2c1ccccc1. The number of halogens is 1. The number of hydrogen-bond acceptors (Lipinski definition) is 5. The van der Waals surface area contributed by atoms with Crippen LogP contribution < -0.4 is 15.4 Å². The molecule has 1 aliphatic rings. The fourth-order valence-electron chi connectivity index (χ4n) is 4.07. The highest BCUT2D eigenvalue weighted by Gasteiger charge is 2.30. The first-order valence-electron chi connectivity index (χ1n) is 10.3. The van der Waals surface area contributed by atoms with E-state index in [-0.39, 0.29) is 11.2 Å². The second-order valence-electron chi connectivity index (χ2n) is 7.64. The van der Waals surface area contributed by atoms with E-state index in [4.69, 9.17) is 28.6 Å². The van der Waals surface area contributed by atoms with E-state index >= 15 is 0 Å². The minimum absolute atomic E-state index is 0.253. The van der Waals surface area contributed by atoms with Crippen LogP contribution in [0.3, 0.4) is 0 Å². The molecule has 1 heterocycles. The molecule has 158 valence electrons. The number of aromatic nitrogens is 2. The summed E-state index contributed by atoms with van der Waals surface area (Å²) in [5, 5.41) is 0.279. The Morgan fingerprint density at radius 1 is 1.23 bits per heavy atom. The smallest absolute Gasteiger partial charge is 0.228 e. The minimum atomic E-state index is 0.253. The van der Waals surface area contributed by atoms with Gasteiger partial charge in [-0.1, -0.05) is 36.4 Å². The average molecular weight is 434 g/mol. The van der Waals surface area contributed by atoms with Crippen molar-refractivity contribution in [1.82, 2.24) is 9.97 Å². The molecule has 31 heavy (non-hydrogen) atoms. The molecular weight excluding hydrogens is 410 g/mol. The lowest BCUT2D eigenvalue weighted by Gasteiger charge is -2.21. The zero-order valence-electron chi connectivity index (χ0n) is 17.4. The van der Waals surface area contributed by atoms with Gasteiger partial charge in [0.2, 0.25) is 11.0 Å². The molecule has 0 aliphatic heterocycles. The fourth-order valence-corrected chi connectivity index (χ4v) is 4.24. The summed E-state index contributed by atoms with van der Waals surface area (Å²) in [7, 11) is 2.01. The summed E-state index contributed by atoms with van der Waals surface area (Å²) < 4.78 is 5.81. The molecule has 4 rings (SSSR count). The van der Waals surface area contributed by atoms with Crippen molar-refractivity contribution < 1.29 is 4.74 Å². The zero-order chi connectivity index (χ0) is 21.8. The predicted molar refractivity (Wildman–Crippen MR) is 124 cm³/mol. The summed E-state index contributed by atoms with van der Waals surface area (Å²) in [6, 6.07) is 15.5. The van der Waals surface area contributed by atoms with Crippen molar-refractivity contribution in [3.8, 4) is 5.75 Å². The van der Waals surface area contributed by atoms with Crippen LogP contribution in [0.1, 0.15) is 35.6 Å². The normalized spacial score (nSPS) is 14.7. The third-order valence-corrected chi connectivity index (χ3v) is 5.74. The van der Waals surface area contributed by atoms with E-state index in [2.05, 4.69) is 44.0 Å². The number of anilines is 2. The lowest BCUT2D eigenvalue weighted by atomic mass is 9.97. The van der Waals surface area contributed by atoms with Gasteiger partial charge in [0.15, 0.2) is 0 Å². The first-order chi connectivity index (χ1) is 15.1. The monoisotopic (exact) mass is 433 g/mol. The second kappa shape index (κ2) is 9.23. The number of nitrogens with zero attached hydrogens (tertiary/aromatic N) is 4. The highest BCUT2D eigenvalue weighted by molar-refractivity contribution is 6.28. The molecule has 1 aromatic heterocycles. The molecule has 0 bridgehead atoms. The maximum Gasteiger partial charge on any atom is 0.228 e. The van der Waals surface area contributed by atoms with Crippen molar-refractivity contribution in [1.29, 1.82) is 0 Å². The van der Waals surface area contributed by atoms with Crippen molar-refractivity contribution in [3.63, 3.8) is 0 Å². The van der Waals surface area contributed by atoms with Crippen molar-refractivity contribution >= 4 is 28.8 Å². The standard InChI is InChI=1S/C24H24ClN5O/c1-27-20-12-9-17(26)15-21(20)31-14-6-13-30(2)23-19-11-10-18(16-7-4-3-5-8-16)22(19)28-24(25)29-23/h3-5,7-9,12,15,18H,6,10-11,13-14,26H2,2H3. The quantitative estimate of drug-likeness (QED) is 0.238. The Morgan fingerprint density at radius 3 is 2.81 bits per heavy atom. The maximum atomic E-state index is 7.25. The molecule has 0 radical (unpaired) electrons. The molecule has 3 aromatic rings. The number of ether oxygens (including phenoxy) is 1. The number of rotatable bonds is 7. The van der Waals surface area contributed by atoms with Gasteiger partial charge >= 0.3 is 0 Å². The van der Waals surface area contributed by atoms with Gasteiger partial charge in [-0.15, -0.1) is 0 Å². The van der Waals surface area contributed by atoms with Crippen LogP contribution in [0, 0.1) is 6.57 Å². The van der Waals surface area contributed by atoms with Gasteiger partial charge in [0.25, 0.3) is 0 Å². The zero-order valence-corrected chi connectivity index (χ0v) is 18.1. The van der Waals surface area contributed by atoms with Gasteiger partial charge in [-0.05, 0) is 48.6 Å². The molecule has 0 spiro atoms. The van der Waals surface area contributed by atoms with Crippen molar-refractivity contribution in [3.05, 3.63) is 82.1 Å². The molecular formula is C24H24ClN5O. The lowest BCUT2D eigenvalue weighted by molar-refractivity contribution is 0.314. The molecule has 1 unspecified atom stereocenters. The first kappa shape index (κ1) is 21.0. The maximum absolute atomic E-state index is 7.25. The van der Waals surface area contributed by atoms with Crippen LogP contribution in [-0.4, -0.2) is 30.2 Å². The number of benzene rings is 2. The first-order valence-corrected chi connectivity index (χ1v) is 10.7. The van der Waals surface area contributed by atoms with Crippen molar-refractivity contribution in [2.24, 2.45) is 0 Å². The van der Waals surface area contributed by atoms with Crippen LogP contribution in [0.4, 0.5) is 17.2 Å². The molecule has 2 aromatic carbocycles. The summed E-state index contributed by atoms with van der Waals surface area (Å²) in [4.78, 5) is 14.7. The average Bonchev–Trinajstić information content (AvgIpc) is 3.20. The summed E-state index contributed by atoms with van der Waals surface area (Å²) in [6.45, 7) is 8.47. The van der Waals surface area contributed by atoms with E-state index in [1.807, 2.05) is 13.1 Å². The van der Waals surface area contributed by atoms with E-state index in [1.165, 1.54) is 11.1 Å². The number of nitrogens with two attached hydrogens (primary N) is 1. The minimum Gasteiger partial charge on any atom is -0.504 e. The molecule has 7 heteroatoms. The van der Waals surface area contributed by atoms with E-state index in [1.54, 1.807) is 18.2 Å². The molecule has 1 aliphatic carbocycles. The van der Waals surface area contributed by atoms with Gasteiger partial charge in [-0.2, -0.15) is 0 Å². The highest BCUT2D eigenvalue weighted by atomic mass is 35.5. The molecule has 0 fully saturated rings. The number of fused-ring (bicyclic) bond motifs is 1. The van der Waals surface area contributed by atoms with Crippen LogP contribution in [0.15, 0.2) is 48.5 Å². The van der Waals surface area contributed by atoms with Gasteiger partial charge in [-0.3, -0.25) is 0 Å². The van der Waals surface area contributed by atoms with E-state index in [0.717, 1.165) is 37.3 Å². The van der Waals surface area contributed by atoms with E-state index in [0.29, 0.717) is 23.7 Å². The number of hydrogen-bond donors (Lipinski definition) is 1. The molecule has 6 nitrogen and oxygen atoms in total. The van der Waals surface area contributed by atoms with Gasteiger partial charge in [0.05, 0.1) is 18.9 Å². The second-order valence-corrected chi connectivity index (χ2v) is 7.98. The van der Waals surface area contributed by atoms with Crippen LogP contribution >= 0.6 is 11.6 Å². The summed E-state index contributed by atoms with van der Waals surface area (Å²) in [5.74, 6) is 1.66. The summed E-state index contributed by atoms with van der Waals surface area (Å²) in [5.41, 5.74) is 10.3. The summed E-state index contributed by atoms with van der Waals surface area (Å²) >= 11 is 6.30.